The van der Waals surface area contributed by atoms with E-state index >= 15 is 0 Å². The molecule has 2 heterocycles. The minimum absolute atomic E-state index is 0.244. The second-order valence-electron chi connectivity index (χ2n) is 4.25. The Balaban J connectivity index is 2.27. The van der Waals surface area contributed by atoms with Crippen molar-refractivity contribution in [2.45, 2.75) is 26.2 Å². The van der Waals surface area contributed by atoms with E-state index in [4.69, 9.17) is 4.74 Å². The number of hydrogen-bond acceptors (Lipinski definition) is 6. The fourth-order valence-corrected chi connectivity index (χ4v) is 3.09. The number of carbonyl (C=O) groups is 1. The Morgan fingerprint density at radius 2 is 2.22 bits per heavy atom. The van der Waals surface area contributed by atoms with Gasteiger partial charge in [0.25, 0.3) is 0 Å². The Hall–Kier alpha value is -1.27. The van der Waals surface area contributed by atoms with Crippen molar-refractivity contribution >= 4 is 28.6 Å². The molecule has 0 aromatic carbocycles. The molecule has 6 heteroatoms. The van der Waals surface area contributed by atoms with Gasteiger partial charge >= 0.3 is 5.97 Å². The Morgan fingerprint density at radius 1 is 1.44 bits per heavy atom. The summed E-state index contributed by atoms with van der Waals surface area (Å²) in [7, 11) is 0. The molecule has 4 nitrogen and oxygen atoms in total. The molecule has 0 bridgehead atoms. The highest BCUT2D eigenvalue weighted by atomic mass is 32.1. The molecule has 96 valence electrons. The fourth-order valence-electron chi connectivity index (χ4n) is 1.41. The van der Waals surface area contributed by atoms with Crippen LogP contribution in [0.1, 0.15) is 26.5 Å². The molecule has 0 atom stereocenters. The number of rotatable bonds is 4. The van der Waals surface area contributed by atoms with Crippen LogP contribution in [0.2, 0.25) is 0 Å². The van der Waals surface area contributed by atoms with Crippen molar-refractivity contribution in [3.8, 4) is 9.88 Å². The van der Waals surface area contributed by atoms with E-state index in [9.17, 15) is 4.79 Å². The van der Waals surface area contributed by atoms with E-state index in [-0.39, 0.29) is 5.97 Å². The van der Waals surface area contributed by atoms with Crippen LogP contribution in [0, 0.1) is 0 Å². The van der Waals surface area contributed by atoms with Crippen LogP contribution in [0.15, 0.2) is 17.1 Å². The molecular formula is C12H14N2O2S2. The molecule has 0 saturated carbocycles. The van der Waals surface area contributed by atoms with Crippen molar-refractivity contribution in [1.29, 1.82) is 0 Å². The summed E-state index contributed by atoms with van der Waals surface area (Å²) < 4.78 is 5.08. The molecule has 2 aromatic heterocycles. The predicted octanol–water partition coefficient (Wildman–Crippen LogP) is 3.11. The van der Waals surface area contributed by atoms with Gasteiger partial charge < -0.3 is 4.74 Å². The molecule has 0 radical (unpaired) electrons. The lowest BCUT2D eigenvalue weighted by molar-refractivity contribution is -0.148. The summed E-state index contributed by atoms with van der Waals surface area (Å²) in [5, 5.41) is 2.80. The zero-order valence-corrected chi connectivity index (χ0v) is 12.1. The zero-order chi connectivity index (χ0) is 13.2. The van der Waals surface area contributed by atoms with E-state index in [2.05, 4.69) is 9.97 Å². The molecule has 0 aliphatic carbocycles. The maximum Gasteiger partial charge on any atom is 0.317 e. The van der Waals surface area contributed by atoms with Crippen LogP contribution in [0.25, 0.3) is 9.88 Å². The van der Waals surface area contributed by atoms with Crippen molar-refractivity contribution in [3.63, 3.8) is 0 Å². The second-order valence-corrected chi connectivity index (χ2v) is 5.99. The van der Waals surface area contributed by atoms with E-state index < -0.39 is 5.41 Å². The highest BCUT2D eigenvalue weighted by Gasteiger charge is 2.34. The molecule has 0 spiro atoms. The third kappa shape index (κ3) is 2.44. The number of esters is 1. The summed E-state index contributed by atoms with van der Waals surface area (Å²) in [6.45, 7) is 5.85. The van der Waals surface area contributed by atoms with Gasteiger partial charge in [0, 0.05) is 11.6 Å². The number of carbonyl (C=O) groups excluding carboxylic acids is 1. The van der Waals surface area contributed by atoms with E-state index in [1.165, 1.54) is 22.7 Å². The molecule has 0 N–H and O–H groups in total. The lowest BCUT2D eigenvalue weighted by Crippen LogP contribution is -2.31. The standard InChI is InChI=1S/C12H14N2O2S2/c1-4-16-11(15)12(2,3)9-6-17-10(14-9)8-5-13-7-18-8/h5-7H,4H2,1-3H3. The first-order valence-corrected chi connectivity index (χ1v) is 7.33. The normalized spacial score (nSPS) is 11.5. The molecule has 0 fully saturated rings. The van der Waals surface area contributed by atoms with Crippen LogP contribution in [-0.2, 0) is 14.9 Å². The summed E-state index contributed by atoms with van der Waals surface area (Å²) >= 11 is 3.06. The fraction of sp³-hybridized carbons (Fsp3) is 0.417. The van der Waals surface area contributed by atoms with Crippen molar-refractivity contribution < 1.29 is 9.53 Å². The van der Waals surface area contributed by atoms with Crippen LogP contribution in [-0.4, -0.2) is 22.5 Å². The van der Waals surface area contributed by atoms with E-state index in [1.807, 2.05) is 19.2 Å². The topological polar surface area (TPSA) is 52.1 Å². The summed E-state index contributed by atoms with van der Waals surface area (Å²) in [5.41, 5.74) is 1.80. The van der Waals surface area contributed by atoms with Crippen molar-refractivity contribution in [3.05, 3.63) is 22.8 Å². The SMILES string of the molecule is CCOC(=O)C(C)(C)c1csc(-c2cncs2)n1. The number of aromatic nitrogens is 2. The highest BCUT2D eigenvalue weighted by Crippen LogP contribution is 2.32. The summed E-state index contributed by atoms with van der Waals surface area (Å²) in [6, 6.07) is 0. The Labute approximate surface area is 114 Å². The van der Waals surface area contributed by atoms with Gasteiger partial charge in [0.05, 0.1) is 22.7 Å². The minimum Gasteiger partial charge on any atom is -0.465 e. The monoisotopic (exact) mass is 282 g/mol. The van der Waals surface area contributed by atoms with Gasteiger partial charge in [-0.15, -0.1) is 22.7 Å². The number of hydrogen-bond donors (Lipinski definition) is 0. The second kappa shape index (κ2) is 5.16. The average Bonchev–Trinajstić information content (AvgIpc) is 3.00. The van der Waals surface area contributed by atoms with Crippen LogP contribution < -0.4 is 0 Å². The van der Waals surface area contributed by atoms with Gasteiger partial charge in [-0.2, -0.15) is 0 Å². The summed E-state index contributed by atoms with van der Waals surface area (Å²) in [5.74, 6) is -0.244. The van der Waals surface area contributed by atoms with Gasteiger partial charge in [0.15, 0.2) is 0 Å². The third-order valence-electron chi connectivity index (χ3n) is 2.57. The van der Waals surface area contributed by atoms with Gasteiger partial charge in [-0.3, -0.25) is 9.78 Å². The number of ether oxygens (including phenoxy) is 1. The molecule has 2 aromatic rings. The van der Waals surface area contributed by atoms with Crippen molar-refractivity contribution in [2.75, 3.05) is 6.61 Å². The smallest absolute Gasteiger partial charge is 0.317 e. The average molecular weight is 282 g/mol. The molecule has 0 amide bonds. The molecule has 2 rings (SSSR count). The predicted molar refractivity (Wildman–Crippen MR) is 72.9 cm³/mol. The van der Waals surface area contributed by atoms with Gasteiger partial charge in [0.2, 0.25) is 0 Å². The first-order valence-electron chi connectivity index (χ1n) is 5.57. The number of nitrogens with zero attached hydrogens (tertiary/aromatic N) is 2. The van der Waals surface area contributed by atoms with Crippen LogP contribution >= 0.6 is 22.7 Å². The van der Waals surface area contributed by atoms with E-state index in [1.54, 1.807) is 18.6 Å². The van der Waals surface area contributed by atoms with E-state index in [0.29, 0.717) is 6.61 Å². The van der Waals surface area contributed by atoms with Gasteiger partial charge in [-0.25, -0.2) is 4.98 Å². The maximum atomic E-state index is 11.9. The van der Waals surface area contributed by atoms with Crippen LogP contribution in [0.4, 0.5) is 0 Å². The quantitative estimate of drug-likeness (QED) is 0.809. The van der Waals surface area contributed by atoms with Gasteiger partial charge in [-0.05, 0) is 20.8 Å². The minimum atomic E-state index is -0.713. The Bertz CT molecular complexity index is 532. The third-order valence-corrected chi connectivity index (χ3v) is 4.36. The Kier molecular flexibility index (Phi) is 3.77. The molecule has 0 aliphatic rings. The highest BCUT2D eigenvalue weighted by molar-refractivity contribution is 7.19. The van der Waals surface area contributed by atoms with Gasteiger partial charge in [-0.1, -0.05) is 0 Å². The summed E-state index contributed by atoms with van der Waals surface area (Å²) in [6.07, 6.45) is 1.78. The molecular weight excluding hydrogens is 268 g/mol. The maximum absolute atomic E-state index is 11.9. The van der Waals surface area contributed by atoms with E-state index in [0.717, 1.165) is 15.6 Å². The molecule has 0 unspecified atom stereocenters. The first kappa shape index (κ1) is 13.2. The Morgan fingerprint density at radius 3 is 2.83 bits per heavy atom. The zero-order valence-electron chi connectivity index (χ0n) is 10.5. The first-order chi connectivity index (χ1) is 8.55. The lowest BCUT2D eigenvalue weighted by Gasteiger charge is -2.19. The van der Waals surface area contributed by atoms with Crippen molar-refractivity contribution in [1.82, 2.24) is 9.97 Å². The lowest BCUT2D eigenvalue weighted by atomic mass is 9.90. The van der Waals surface area contributed by atoms with Crippen LogP contribution in [0.3, 0.4) is 0 Å². The molecule has 0 saturated heterocycles. The molecule has 18 heavy (non-hydrogen) atoms. The van der Waals surface area contributed by atoms with Crippen LogP contribution in [0.5, 0.6) is 0 Å². The largest absolute Gasteiger partial charge is 0.465 e. The molecule has 0 aliphatic heterocycles. The van der Waals surface area contributed by atoms with Gasteiger partial charge in [0.1, 0.15) is 10.4 Å². The number of thiazole rings is 2. The van der Waals surface area contributed by atoms with Crippen molar-refractivity contribution in [2.24, 2.45) is 0 Å². The summed E-state index contributed by atoms with van der Waals surface area (Å²) in [4.78, 5) is 21.5.